The van der Waals surface area contributed by atoms with Gasteiger partial charge in [0, 0.05) is 0 Å². The van der Waals surface area contributed by atoms with Crippen LogP contribution in [0.2, 0.25) is 5.02 Å². The first-order valence-corrected chi connectivity index (χ1v) is 6.31. The van der Waals surface area contributed by atoms with Crippen LogP contribution in [0.25, 0.3) is 5.69 Å². The highest BCUT2D eigenvalue weighted by atomic mass is 35.5. The molecule has 0 spiro atoms. The number of benzene rings is 1. The lowest BCUT2D eigenvalue weighted by atomic mass is 10.3. The lowest BCUT2D eigenvalue weighted by molar-refractivity contribution is 0.257. The van der Waals surface area contributed by atoms with Crippen LogP contribution in [-0.4, -0.2) is 15.8 Å². The second kappa shape index (κ2) is 5.14. The first-order chi connectivity index (χ1) is 8.93. The van der Waals surface area contributed by atoms with Crippen LogP contribution in [0.15, 0.2) is 24.3 Å². The molecular formula is C12H13ClN4OS. The number of para-hydroxylation sites is 1. The van der Waals surface area contributed by atoms with Crippen molar-refractivity contribution in [1.29, 1.82) is 0 Å². The van der Waals surface area contributed by atoms with Gasteiger partial charge in [0.25, 0.3) is 0 Å². The number of amides is 2. The van der Waals surface area contributed by atoms with Gasteiger partial charge in [-0.25, -0.2) is 13.8 Å². The summed E-state index contributed by atoms with van der Waals surface area (Å²) >= 11 is 10.2. The summed E-state index contributed by atoms with van der Waals surface area (Å²) in [6.07, 6.45) is 0. The average molecular weight is 297 g/mol. The third-order valence-electron chi connectivity index (χ3n) is 2.75. The van der Waals surface area contributed by atoms with E-state index in [1.165, 1.54) is 0 Å². The number of thiol groups is 1. The summed E-state index contributed by atoms with van der Waals surface area (Å²) in [6, 6.07) is 6.67. The van der Waals surface area contributed by atoms with Crippen molar-refractivity contribution in [2.75, 3.05) is 4.31 Å². The van der Waals surface area contributed by atoms with Crippen LogP contribution in [0.1, 0.15) is 11.4 Å². The fourth-order valence-electron chi connectivity index (χ4n) is 1.91. The molecule has 0 aliphatic rings. The van der Waals surface area contributed by atoms with Crippen LogP contribution in [-0.2, 0) is 0 Å². The van der Waals surface area contributed by atoms with Crippen molar-refractivity contribution in [3.8, 4) is 5.69 Å². The van der Waals surface area contributed by atoms with E-state index in [-0.39, 0.29) is 0 Å². The van der Waals surface area contributed by atoms with Crippen molar-refractivity contribution in [2.45, 2.75) is 13.8 Å². The largest absolute Gasteiger partial charge is 0.350 e. The first-order valence-electron chi connectivity index (χ1n) is 5.53. The molecule has 0 bridgehead atoms. The van der Waals surface area contributed by atoms with Gasteiger partial charge in [0.05, 0.1) is 22.1 Å². The van der Waals surface area contributed by atoms with Gasteiger partial charge in [0.1, 0.15) is 5.69 Å². The number of hydrogen-bond acceptors (Lipinski definition) is 3. The van der Waals surface area contributed by atoms with E-state index in [4.69, 9.17) is 17.3 Å². The van der Waals surface area contributed by atoms with Gasteiger partial charge >= 0.3 is 6.03 Å². The Balaban J connectivity index is 2.60. The molecule has 0 radical (unpaired) electrons. The number of halogens is 1. The van der Waals surface area contributed by atoms with Crippen molar-refractivity contribution in [3.05, 3.63) is 40.7 Å². The minimum atomic E-state index is -0.659. The number of carbonyl (C=O) groups is 1. The summed E-state index contributed by atoms with van der Waals surface area (Å²) in [6.45, 7) is 3.60. The molecular weight excluding hydrogens is 284 g/mol. The quantitative estimate of drug-likeness (QED) is 0.837. The van der Waals surface area contributed by atoms with E-state index in [2.05, 4.69) is 17.9 Å². The molecule has 1 aromatic heterocycles. The molecule has 1 heterocycles. The van der Waals surface area contributed by atoms with Gasteiger partial charge in [-0.05, 0) is 26.0 Å². The van der Waals surface area contributed by atoms with Gasteiger partial charge in [0.15, 0.2) is 0 Å². The molecule has 7 heteroatoms. The summed E-state index contributed by atoms with van der Waals surface area (Å²) in [5, 5.41) is 4.95. The minimum absolute atomic E-state index is 0.566. The van der Waals surface area contributed by atoms with Crippen LogP contribution in [0.5, 0.6) is 0 Å². The number of nitrogens with zero attached hydrogens (tertiary/aromatic N) is 3. The van der Waals surface area contributed by atoms with Crippen LogP contribution < -0.4 is 10.0 Å². The molecule has 100 valence electrons. The van der Waals surface area contributed by atoms with Crippen molar-refractivity contribution in [1.82, 2.24) is 9.78 Å². The highest BCUT2D eigenvalue weighted by molar-refractivity contribution is 7.82. The second-order valence-electron chi connectivity index (χ2n) is 4.03. The third-order valence-corrected chi connectivity index (χ3v) is 3.47. The van der Waals surface area contributed by atoms with Gasteiger partial charge in [-0.2, -0.15) is 5.10 Å². The van der Waals surface area contributed by atoms with Gasteiger partial charge < -0.3 is 5.73 Å². The van der Waals surface area contributed by atoms with Crippen molar-refractivity contribution in [3.63, 3.8) is 0 Å². The molecule has 1 aromatic carbocycles. The van der Waals surface area contributed by atoms with E-state index in [9.17, 15) is 4.79 Å². The molecule has 0 saturated carbocycles. The number of aryl methyl sites for hydroxylation is 1. The Morgan fingerprint density at radius 1 is 1.42 bits per heavy atom. The van der Waals surface area contributed by atoms with Crippen molar-refractivity contribution >= 4 is 36.1 Å². The predicted molar refractivity (Wildman–Crippen MR) is 79.1 cm³/mol. The molecule has 0 fully saturated rings. The maximum Gasteiger partial charge on any atom is 0.329 e. The smallest absolute Gasteiger partial charge is 0.329 e. The summed E-state index contributed by atoms with van der Waals surface area (Å²) in [5.41, 5.74) is 7.91. The molecule has 19 heavy (non-hydrogen) atoms. The summed E-state index contributed by atoms with van der Waals surface area (Å²) in [5.74, 6) is 0. The topological polar surface area (TPSA) is 64.2 Å². The number of hydrogen-bond donors (Lipinski definition) is 2. The Bertz CT molecular complexity index is 641. The standard InChI is InChI=1S/C12H13ClN4OS/c1-7-11(17(19)12(14)18)8(2)16(15-7)10-6-4-3-5-9(10)13/h3-6,19H,1-2H3,(H2,14,18). The second-order valence-corrected chi connectivity index (χ2v) is 4.84. The molecule has 2 rings (SSSR count). The van der Waals surface area contributed by atoms with Crippen LogP contribution >= 0.6 is 24.4 Å². The summed E-state index contributed by atoms with van der Waals surface area (Å²) in [4.78, 5) is 11.2. The average Bonchev–Trinajstić information content (AvgIpc) is 2.64. The lowest BCUT2D eigenvalue weighted by Crippen LogP contribution is -2.28. The molecule has 0 saturated heterocycles. The highest BCUT2D eigenvalue weighted by Gasteiger charge is 2.20. The van der Waals surface area contributed by atoms with E-state index < -0.39 is 6.03 Å². The molecule has 2 N–H and O–H groups in total. The SMILES string of the molecule is Cc1nn(-c2ccccc2Cl)c(C)c1N(S)C(N)=O. The Kier molecular flexibility index (Phi) is 3.73. The Morgan fingerprint density at radius 3 is 2.63 bits per heavy atom. The summed E-state index contributed by atoms with van der Waals surface area (Å²) in [7, 11) is 0. The predicted octanol–water partition coefficient (Wildman–Crippen LogP) is 2.87. The van der Waals surface area contributed by atoms with Gasteiger partial charge in [-0.1, -0.05) is 36.5 Å². The number of nitrogens with two attached hydrogens (primary N) is 1. The zero-order valence-corrected chi connectivity index (χ0v) is 12.1. The van der Waals surface area contributed by atoms with Crippen LogP contribution in [0.4, 0.5) is 10.5 Å². The fraction of sp³-hybridized carbons (Fsp3) is 0.167. The Morgan fingerprint density at radius 2 is 2.05 bits per heavy atom. The van der Waals surface area contributed by atoms with E-state index in [0.717, 1.165) is 15.7 Å². The molecule has 2 amide bonds. The maximum absolute atomic E-state index is 11.2. The molecule has 0 aliphatic heterocycles. The van der Waals surface area contributed by atoms with Gasteiger partial charge in [-0.15, -0.1) is 0 Å². The monoisotopic (exact) mass is 296 g/mol. The van der Waals surface area contributed by atoms with Crippen LogP contribution in [0, 0.1) is 13.8 Å². The molecule has 0 atom stereocenters. The molecule has 5 nitrogen and oxygen atoms in total. The maximum atomic E-state index is 11.2. The highest BCUT2D eigenvalue weighted by Crippen LogP contribution is 2.30. The number of aromatic nitrogens is 2. The Hall–Kier alpha value is -1.66. The molecule has 2 aromatic rings. The van der Waals surface area contributed by atoms with Crippen LogP contribution in [0.3, 0.4) is 0 Å². The summed E-state index contributed by atoms with van der Waals surface area (Å²) < 4.78 is 2.74. The number of primary amides is 1. The zero-order chi connectivity index (χ0) is 14.2. The third kappa shape index (κ3) is 2.41. The van der Waals surface area contributed by atoms with Gasteiger partial charge in [-0.3, -0.25) is 0 Å². The number of carbonyl (C=O) groups excluding carboxylic acids is 1. The number of rotatable bonds is 2. The zero-order valence-electron chi connectivity index (χ0n) is 10.5. The lowest BCUT2D eigenvalue weighted by Gasteiger charge is -2.13. The molecule has 0 unspecified atom stereocenters. The van der Waals surface area contributed by atoms with Crippen molar-refractivity contribution < 1.29 is 4.79 Å². The fourth-order valence-corrected chi connectivity index (χ4v) is 2.41. The minimum Gasteiger partial charge on any atom is -0.350 e. The van der Waals surface area contributed by atoms with E-state index in [1.54, 1.807) is 17.7 Å². The van der Waals surface area contributed by atoms with E-state index in [0.29, 0.717) is 16.4 Å². The molecule has 0 aliphatic carbocycles. The van der Waals surface area contributed by atoms with Gasteiger partial charge in [0.2, 0.25) is 0 Å². The Labute approximate surface area is 121 Å². The normalized spacial score (nSPS) is 10.5. The van der Waals surface area contributed by atoms with E-state index in [1.807, 2.05) is 25.1 Å². The number of anilines is 1. The number of urea groups is 1. The first kappa shape index (κ1) is 13.8. The van der Waals surface area contributed by atoms with E-state index >= 15 is 0 Å². The van der Waals surface area contributed by atoms with Crippen molar-refractivity contribution in [2.24, 2.45) is 5.73 Å².